The molecule has 1 aromatic carbocycles. The Labute approximate surface area is 87.0 Å². The molecule has 1 atom stereocenters. The second kappa shape index (κ2) is 5.46. The molecule has 0 saturated carbocycles. The highest BCUT2D eigenvalue weighted by atomic mass is 32.2. The van der Waals surface area contributed by atoms with Crippen molar-refractivity contribution in [2.45, 2.75) is 13.3 Å². The molecule has 0 radical (unpaired) electrons. The largest absolute Gasteiger partial charge is 0.401 e. The molecule has 0 amide bonds. The first-order valence-corrected chi connectivity index (χ1v) is 5.53. The molecule has 0 aliphatic rings. The summed E-state index contributed by atoms with van der Waals surface area (Å²) in [7, 11) is 0. The average molecular weight is 208 g/mol. The van der Waals surface area contributed by atoms with Crippen LogP contribution in [0.4, 0.5) is 0 Å². The Morgan fingerprint density at radius 2 is 2.07 bits per heavy atom. The van der Waals surface area contributed by atoms with E-state index in [1.807, 2.05) is 19.1 Å². The molecule has 0 heterocycles. The van der Waals surface area contributed by atoms with Crippen molar-refractivity contribution in [3.8, 4) is 18.1 Å². The minimum absolute atomic E-state index is 0.379. The molecule has 0 aliphatic carbocycles. The van der Waals surface area contributed by atoms with Gasteiger partial charge in [0.25, 0.3) is 0 Å². The number of hydrogen-bond donors (Lipinski definition) is 0. The second-order valence-electron chi connectivity index (χ2n) is 2.86. The molecule has 0 saturated heterocycles. The van der Waals surface area contributed by atoms with E-state index in [2.05, 4.69) is 5.92 Å². The van der Waals surface area contributed by atoms with Crippen LogP contribution in [0.15, 0.2) is 24.3 Å². The van der Waals surface area contributed by atoms with Crippen LogP contribution < -0.4 is 4.18 Å². The van der Waals surface area contributed by atoms with Crippen LogP contribution in [-0.2, 0) is 11.1 Å². The number of rotatable bonds is 4. The SMILES string of the molecule is C#CCCS(=O)Oc1ccc(C)cc1. The van der Waals surface area contributed by atoms with Gasteiger partial charge in [0.05, 0.1) is 5.75 Å². The Morgan fingerprint density at radius 3 is 2.64 bits per heavy atom. The standard InChI is InChI=1S/C11H12O2S/c1-3-4-9-14(12)13-11-7-5-10(2)6-8-11/h1,5-8H,4,9H2,2H3. The summed E-state index contributed by atoms with van der Waals surface area (Å²) in [5.74, 6) is 3.42. The fourth-order valence-corrected chi connectivity index (χ4v) is 1.58. The summed E-state index contributed by atoms with van der Waals surface area (Å²) < 4.78 is 16.4. The third kappa shape index (κ3) is 3.63. The summed E-state index contributed by atoms with van der Waals surface area (Å²) in [6.45, 7) is 1.99. The summed E-state index contributed by atoms with van der Waals surface area (Å²) in [5, 5.41) is 0. The van der Waals surface area contributed by atoms with Gasteiger partial charge in [-0.05, 0) is 19.1 Å². The lowest BCUT2D eigenvalue weighted by atomic mass is 10.2. The molecule has 74 valence electrons. The number of terminal acetylenes is 1. The van der Waals surface area contributed by atoms with Gasteiger partial charge in [-0.25, -0.2) is 4.21 Å². The minimum Gasteiger partial charge on any atom is -0.401 e. The van der Waals surface area contributed by atoms with Crippen molar-refractivity contribution in [2.75, 3.05) is 5.75 Å². The summed E-state index contributed by atoms with van der Waals surface area (Å²) >= 11 is -1.32. The lowest BCUT2D eigenvalue weighted by molar-refractivity contribution is 0.562. The monoisotopic (exact) mass is 208 g/mol. The van der Waals surface area contributed by atoms with Crippen molar-refractivity contribution in [1.82, 2.24) is 0 Å². The van der Waals surface area contributed by atoms with Gasteiger partial charge in [0, 0.05) is 6.42 Å². The maximum Gasteiger partial charge on any atom is 0.207 e. The van der Waals surface area contributed by atoms with E-state index in [9.17, 15) is 4.21 Å². The predicted octanol–water partition coefficient (Wildman–Crippen LogP) is 2.06. The van der Waals surface area contributed by atoms with Crippen LogP contribution in [-0.4, -0.2) is 9.96 Å². The Hall–Kier alpha value is -1.27. The van der Waals surface area contributed by atoms with Crippen molar-refractivity contribution in [3.63, 3.8) is 0 Å². The molecule has 0 N–H and O–H groups in total. The van der Waals surface area contributed by atoms with Crippen LogP contribution in [0, 0.1) is 19.3 Å². The molecule has 1 aromatic rings. The quantitative estimate of drug-likeness (QED) is 0.708. The van der Waals surface area contributed by atoms with Crippen LogP contribution >= 0.6 is 0 Å². The van der Waals surface area contributed by atoms with Crippen molar-refractivity contribution in [3.05, 3.63) is 29.8 Å². The molecule has 0 bridgehead atoms. The first-order chi connectivity index (χ1) is 6.72. The van der Waals surface area contributed by atoms with Crippen LogP contribution in [0.1, 0.15) is 12.0 Å². The normalized spacial score (nSPS) is 11.7. The molecule has 3 heteroatoms. The molecule has 1 rings (SSSR count). The summed E-state index contributed by atoms with van der Waals surface area (Å²) in [6, 6.07) is 7.41. The molecular weight excluding hydrogens is 196 g/mol. The van der Waals surface area contributed by atoms with E-state index in [-0.39, 0.29) is 0 Å². The highest BCUT2D eigenvalue weighted by Crippen LogP contribution is 2.12. The molecule has 0 aromatic heterocycles. The van der Waals surface area contributed by atoms with E-state index < -0.39 is 11.1 Å². The summed E-state index contributed by atoms with van der Waals surface area (Å²) in [6.07, 6.45) is 5.52. The molecule has 0 spiro atoms. The van der Waals surface area contributed by atoms with E-state index in [0.29, 0.717) is 17.9 Å². The van der Waals surface area contributed by atoms with Gasteiger partial charge in [0.2, 0.25) is 11.1 Å². The van der Waals surface area contributed by atoms with Crippen molar-refractivity contribution < 1.29 is 8.39 Å². The van der Waals surface area contributed by atoms with Gasteiger partial charge in [-0.15, -0.1) is 12.3 Å². The molecule has 14 heavy (non-hydrogen) atoms. The number of hydrogen-bond acceptors (Lipinski definition) is 2. The Morgan fingerprint density at radius 1 is 1.43 bits per heavy atom. The smallest absolute Gasteiger partial charge is 0.207 e. The predicted molar refractivity (Wildman–Crippen MR) is 58.3 cm³/mol. The van der Waals surface area contributed by atoms with Gasteiger partial charge in [0.1, 0.15) is 5.75 Å². The zero-order valence-electron chi connectivity index (χ0n) is 8.03. The first-order valence-electron chi connectivity index (χ1n) is 4.29. The zero-order valence-corrected chi connectivity index (χ0v) is 8.84. The highest BCUT2D eigenvalue weighted by molar-refractivity contribution is 7.80. The average Bonchev–Trinajstić information content (AvgIpc) is 2.18. The number of benzene rings is 1. The highest BCUT2D eigenvalue weighted by Gasteiger charge is 2.00. The minimum atomic E-state index is -1.32. The first kappa shape index (κ1) is 10.8. The van der Waals surface area contributed by atoms with Crippen LogP contribution in [0.5, 0.6) is 5.75 Å². The van der Waals surface area contributed by atoms with Gasteiger partial charge in [0.15, 0.2) is 0 Å². The Bertz CT molecular complexity index is 349. The lowest BCUT2D eigenvalue weighted by Gasteiger charge is -2.03. The van der Waals surface area contributed by atoms with Gasteiger partial charge < -0.3 is 4.18 Å². The zero-order chi connectivity index (χ0) is 10.4. The lowest BCUT2D eigenvalue weighted by Crippen LogP contribution is -2.04. The molecule has 2 nitrogen and oxygen atoms in total. The van der Waals surface area contributed by atoms with E-state index in [0.717, 1.165) is 5.56 Å². The Balaban J connectivity index is 2.49. The molecule has 0 fully saturated rings. The van der Waals surface area contributed by atoms with Crippen molar-refractivity contribution in [2.24, 2.45) is 0 Å². The van der Waals surface area contributed by atoms with E-state index in [1.165, 1.54) is 0 Å². The molecule has 0 aliphatic heterocycles. The summed E-state index contributed by atoms with van der Waals surface area (Å²) in [5.41, 5.74) is 1.15. The second-order valence-corrected chi connectivity index (χ2v) is 4.04. The van der Waals surface area contributed by atoms with Gasteiger partial charge >= 0.3 is 0 Å². The van der Waals surface area contributed by atoms with Gasteiger partial charge in [-0.1, -0.05) is 17.7 Å². The van der Waals surface area contributed by atoms with Crippen LogP contribution in [0.3, 0.4) is 0 Å². The van der Waals surface area contributed by atoms with Crippen molar-refractivity contribution >= 4 is 11.1 Å². The molecular formula is C11H12O2S. The maximum absolute atomic E-state index is 11.2. The topological polar surface area (TPSA) is 26.3 Å². The van der Waals surface area contributed by atoms with E-state index >= 15 is 0 Å². The van der Waals surface area contributed by atoms with E-state index in [4.69, 9.17) is 10.6 Å². The van der Waals surface area contributed by atoms with Crippen LogP contribution in [0.25, 0.3) is 0 Å². The fourth-order valence-electron chi connectivity index (χ4n) is 0.885. The maximum atomic E-state index is 11.2. The Kier molecular flexibility index (Phi) is 4.21. The van der Waals surface area contributed by atoms with Crippen LogP contribution in [0.2, 0.25) is 0 Å². The molecule has 1 unspecified atom stereocenters. The third-order valence-corrected chi connectivity index (χ3v) is 2.54. The van der Waals surface area contributed by atoms with Crippen molar-refractivity contribution in [1.29, 1.82) is 0 Å². The fraction of sp³-hybridized carbons (Fsp3) is 0.273. The van der Waals surface area contributed by atoms with E-state index in [1.54, 1.807) is 12.1 Å². The third-order valence-electron chi connectivity index (χ3n) is 1.62. The number of aryl methyl sites for hydroxylation is 1. The van der Waals surface area contributed by atoms with Gasteiger partial charge in [-0.2, -0.15) is 0 Å². The summed E-state index contributed by atoms with van der Waals surface area (Å²) in [4.78, 5) is 0. The van der Waals surface area contributed by atoms with Gasteiger partial charge in [-0.3, -0.25) is 0 Å².